The summed E-state index contributed by atoms with van der Waals surface area (Å²) in [6.45, 7) is 3.95. The highest BCUT2D eigenvalue weighted by Crippen LogP contribution is 2.23. The number of anilines is 1. The minimum Gasteiger partial charge on any atom is -0.399 e. The predicted octanol–water partition coefficient (Wildman–Crippen LogP) is 1.26. The van der Waals surface area contributed by atoms with Crippen molar-refractivity contribution in [1.29, 1.82) is 0 Å². The molecule has 0 heterocycles. The van der Waals surface area contributed by atoms with Crippen LogP contribution in [0.3, 0.4) is 0 Å². The van der Waals surface area contributed by atoms with Gasteiger partial charge in [0.25, 0.3) is 0 Å². The summed E-state index contributed by atoms with van der Waals surface area (Å²) in [5.41, 5.74) is 6.10. The molecule has 0 aromatic heterocycles. The van der Waals surface area contributed by atoms with E-state index in [-0.39, 0.29) is 4.90 Å². The van der Waals surface area contributed by atoms with Gasteiger partial charge in [-0.3, -0.25) is 0 Å². The summed E-state index contributed by atoms with van der Waals surface area (Å²) in [5, 5.41) is 0. The SMILES string of the molecule is CCN(C)CCNS(=O)(=O)c1ccc(N)cc1Br. The number of halogens is 1. The average molecular weight is 336 g/mol. The number of rotatable bonds is 6. The van der Waals surface area contributed by atoms with Gasteiger partial charge in [0.05, 0.1) is 4.90 Å². The first-order valence-corrected chi connectivity index (χ1v) is 7.87. The van der Waals surface area contributed by atoms with Crippen molar-refractivity contribution < 1.29 is 8.42 Å². The van der Waals surface area contributed by atoms with Crippen LogP contribution in [0, 0.1) is 0 Å². The zero-order valence-corrected chi connectivity index (χ0v) is 12.9. The van der Waals surface area contributed by atoms with Gasteiger partial charge < -0.3 is 10.6 Å². The Bertz CT molecular complexity index is 505. The maximum atomic E-state index is 12.0. The second kappa shape index (κ2) is 6.51. The minimum atomic E-state index is -3.49. The molecule has 0 spiro atoms. The number of likely N-dealkylation sites (N-methyl/N-ethyl adjacent to an activating group) is 1. The summed E-state index contributed by atoms with van der Waals surface area (Å²) in [6, 6.07) is 4.63. The van der Waals surface area contributed by atoms with Crippen LogP contribution < -0.4 is 10.5 Å². The summed E-state index contributed by atoms with van der Waals surface area (Å²) in [6.07, 6.45) is 0. The molecule has 7 heteroatoms. The second-order valence-corrected chi connectivity index (χ2v) is 6.57. The van der Waals surface area contributed by atoms with Gasteiger partial charge in [-0.15, -0.1) is 0 Å². The van der Waals surface area contributed by atoms with Crippen LogP contribution in [0.2, 0.25) is 0 Å². The number of nitrogens with one attached hydrogen (secondary N) is 1. The van der Waals surface area contributed by atoms with Crippen molar-refractivity contribution in [2.24, 2.45) is 0 Å². The van der Waals surface area contributed by atoms with Crippen molar-refractivity contribution in [3.8, 4) is 0 Å². The molecule has 0 bridgehead atoms. The molecule has 5 nitrogen and oxygen atoms in total. The Morgan fingerprint density at radius 1 is 1.44 bits per heavy atom. The molecular formula is C11H18BrN3O2S. The van der Waals surface area contributed by atoms with Crippen LogP contribution in [-0.4, -0.2) is 40.0 Å². The zero-order chi connectivity index (χ0) is 13.8. The van der Waals surface area contributed by atoms with E-state index in [1.165, 1.54) is 6.07 Å². The molecule has 1 rings (SSSR count). The monoisotopic (exact) mass is 335 g/mol. The molecule has 0 aliphatic carbocycles. The Morgan fingerprint density at radius 2 is 2.11 bits per heavy atom. The van der Waals surface area contributed by atoms with Crippen LogP contribution in [0.4, 0.5) is 5.69 Å². The highest BCUT2D eigenvalue weighted by Gasteiger charge is 2.17. The Kier molecular flexibility index (Phi) is 5.58. The standard InChI is InChI=1S/C11H18BrN3O2S/c1-3-15(2)7-6-14-18(16,17)11-5-4-9(13)8-10(11)12/h4-5,8,14H,3,6-7,13H2,1-2H3. The lowest BCUT2D eigenvalue weighted by Crippen LogP contribution is -2.33. The third-order valence-corrected chi connectivity index (χ3v) is 5.01. The number of nitrogen functional groups attached to an aromatic ring is 1. The van der Waals surface area contributed by atoms with Crippen LogP contribution in [-0.2, 0) is 10.0 Å². The molecule has 0 radical (unpaired) electrons. The van der Waals surface area contributed by atoms with Gasteiger partial charge in [-0.1, -0.05) is 6.92 Å². The highest BCUT2D eigenvalue weighted by molar-refractivity contribution is 9.10. The number of hydrogen-bond donors (Lipinski definition) is 2. The van der Waals surface area contributed by atoms with Gasteiger partial charge in [0.15, 0.2) is 0 Å². The van der Waals surface area contributed by atoms with Crippen molar-refractivity contribution in [1.82, 2.24) is 9.62 Å². The Hall–Kier alpha value is -0.630. The maximum absolute atomic E-state index is 12.0. The van der Waals surface area contributed by atoms with Crippen LogP contribution in [0.15, 0.2) is 27.6 Å². The van der Waals surface area contributed by atoms with E-state index in [2.05, 4.69) is 20.7 Å². The van der Waals surface area contributed by atoms with Crippen molar-refractivity contribution in [2.45, 2.75) is 11.8 Å². The van der Waals surface area contributed by atoms with Crippen molar-refractivity contribution in [3.05, 3.63) is 22.7 Å². The number of benzene rings is 1. The minimum absolute atomic E-state index is 0.204. The first-order valence-electron chi connectivity index (χ1n) is 5.60. The van der Waals surface area contributed by atoms with Crippen LogP contribution in [0.1, 0.15) is 6.92 Å². The number of nitrogens with two attached hydrogens (primary N) is 1. The topological polar surface area (TPSA) is 75.4 Å². The molecule has 0 saturated heterocycles. The molecule has 18 heavy (non-hydrogen) atoms. The predicted molar refractivity (Wildman–Crippen MR) is 76.9 cm³/mol. The molecule has 0 amide bonds. The van der Waals surface area contributed by atoms with E-state index in [0.717, 1.165) is 6.54 Å². The van der Waals surface area contributed by atoms with Gasteiger partial charge in [0.1, 0.15) is 0 Å². The van der Waals surface area contributed by atoms with E-state index in [9.17, 15) is 8.42 Å². The second-order valence-electron chi connectivity index (χ2n) is 3.98. The molecule has 0 atom stereocenters. The fraction of sp³-hybridized carbons (Fsp3) is 0.455. The molecule has 1 aromatic carbocycles. The Labute approximate surface area is 117 Å². The first-order chi connectivity index (χ1) is 8.36. The Balaban J connectivity index is 2.74. The highest BCUT2D eigenvalue weighted by atomic mass is 79.9. The zero-order valence-electron chi connectivity index (χ0n) is 10.5. The lowest BCUT2D eigenvalue weighted by Gasteiger charge is -2.14. The molecule has 0 aliphatic rings. The number of nitrogens with zero attached hydrogens (tertiary/aromatic N) is 1. The smallest absolute Gasteiger partial charge is 0.241 e. The summed E-state index contributed by atoms with van der Waals surface area (Å²) < 4.78 is 27.1. The summed E-state index contributed by atoms with van der Waals surface area (Å²) in [5.74, 6) is 0. The molecule has 1 aromatic rings. The molecule has 102 valence electrons. The largest absolute Gasteiger partial charge is 0.399 e. The van der Waals surface area contributed by atoms with E-state index in [1.54, 1.807) is 12.1 Å². The molecule has 0 fully saturated rings. The van der Waals surface area contributed by atoms with E-state index < -0.39 is 10.0 Å². The van der Waals surface area contributed by atoms with Crippen molar-refractivity contribution >= 4 is 31.6 Å². The van der Waals surface area contributed by atoms with Crippen LogP contribution >= 0.6 is 15.9 Å². The van der Waals surface area contributed by atoms with Crippen molar-refractivity contribution in [2.75, 3.05) is 32.4 Å². The van der Waals surface area contributed by atoms with Crippen LogP contribution in [0.5, 0.6) is 0 Å². The normalized spacial score (nSPS) is 12.0. The van der Waals surface area contributed by atoms with Gasteiger partial charge >= 0.3 is 0 Å². The Morgan fingerprint density at radius 3 is 2.67 bits per heavy atom. The van der Waals surface area contributed by atoms with E-state index in [1.807, 2.05) is 18.9 Å². The van der Waals surface area contributed by atoms with Gasteiger partial charge in [-0.25, -0.2) is 13.1 Å². The lowest BCUT2D eigenvalue weighted by atomic mass is 10.3. The average Bonchev–Trinajstić information content (AvgIpc) is 2.27. The molecular weight excluding hydrogens is 318 g/mol. The van der Waals surface area contributed by atoms with E-state index >= 15 is 0 Å². The lowest BCUT2D eigenvalue weighted by molar-refractivity contribution is 0.358. The molecule has 0 saturated carbocycles. The third kappa shape index (κ3) is 4.24. The van der Waals surface area contributed by atoms with Gasteiger partial charge in [-0.2, -0.15) is 0 Å². The maximum Gasteiger partial charge on any atom is 0.241 e. The quantitative estimate of drug-likeness (QED) is 0.767. The van der Waals surface area contributed by atoms with Gasteiger partial charge in [0, 0.05) is 23.2 Å². The summed E-state index contributed by atoms with van der Waals surface area (Å²) >= 11 is 3.21. The molecule has 3 N–H and O–H groups in total. The third-order valence-electron chi connectivity index (χ3n) is 2.57. The van der Waals surface area contributed by atoms with E-state index in [4.69, 9.17) is 5.73 Å². The summed E-state index contributed by atoms with van der Waals surface area (Å²) in [4.78, 5) is 2.23. The fourth-order valence-corrected chi connectivity index (χ4v) is 3.46. The first kappa shape index (κ1) is 15.4. The number of sulfonamides is 1. The van der Waals surface area contributed by atoms with Crippen LogP contribution in [0.25, 0.3) is 0 Å². The number of hydrogen-bond acceptors (Lipinski definition) is 4. The molecule has 0 unspecified atom stereocenters. The van der Waals surface area contributed by atoms with Gasteiger partial charge in [0.2, 0.25) is 10.0 Å². The summed E-state index contributed by atoms with van der Waals surface area (Å²) in [7, 11) is -1.55. The fourth-order valence-electron chi connectivity index (χ4n) is 1.34. The van der Waals surface area contributed by atoms with Gasteiger partial charge in [-0.05, 0) is 47.7 Å². The van der Waals surface area contributed by atoms with E-state index in [0.29, 0.717) is 23.2 Å². The van der Waals surface area contributed by atoms with Crippen molar-refractivity contribution in [3.63, 3.8) is 0 Å². The molecule has 0 aliphatic heterocycles.